The molecule has 1 aromatic carbocycles. The minimum absolute atomic E-state index is 0.460. The summed E-state index contributed by atoms with van der Waals surface area (Å²) in [4.78, 5) is 18.3. The fourth-order valence-electron chi connectivity index (χ4n) is 2.19. The zero-order valence-corrected chi connectivity index (χ0v) is 12.2. The molecule has 0 aliphatic rings. The summed E-state index contributed by atoms with van der Waals surface area (Å²) in [7, 11) is 0. The Morgan fingerprint density at radius 2 is 1.95 bits per heavy atom. The zero-order chi connectivity index (χ0) is 14.0. The average molecular weight is 277 g/mol. The molecule has 19 heavy (non-hydrogen) atoms. The number of halogens is 1. The number of pyridine rings is 1. The van der Waals surface area contributed by atoms with Crippen LogP contribution in [0.3, 0.4) is 0 Å². The summed E-state index contributed by atoms with van der Waals surface area (Å²) >= 11 is 5.70. The molecule has 0 saturated carbocycles. The van der Waals surface area contributed by atoms with Gasteiger partial charge in [-0.3, -0.25) is 4.79 Å². The van der Waals surface area contributed by atoms with E-state index < -0.39 is 5.24 Å². The van der Waals surface area contributed by atoms with Crippen molar-refractivity contribution >= 4 is 33.6 Å². The molecule has 1 aromatic heterocycles. The number of hydrogen-bond donors (Lipinski definition) is 0. The third-order valence-electron chi connectivity index (χ3n) is 3.22. The predicted molar refractivity (Wildman–Crippen MR) is 80.2 cm³/mol. The molecule has 0 N–H and O–H groups in total. The maximum Gasteiger partial charge on any atom is 0.256 e. The van der Waals surface area contributed by atoms with Gasteiger partial charge in [0, 0.05) is 18.5 Å². The summed E-state index contributed by atoms with van der Waals surface area (Å²) < 4.78 is 0. The number of nitrogens with zero attached hydrogens (tertiary/aromatic N) is 2. The van der Waals surface area contributed by atoms with E-state index in [1.165, 1.54) is 0 Å². The van der Waals surface area contributed by atoms with Crippen LogP contribution in [0, 0.1) is 6.92 Å². The van der Waals surface area contributed by atoms with Crippen LogP contribution >= 0.6 is 11.6 Å². The lowest BCUT2D eigenvalue weighted by molar-refractivity contribution is 0.108. The van der Waals surface area contributed by atoms with E-state index in [1.54, 1.807) is 0 Å². The number of hydrogen-bond acceptors (Lipinski definition) is 3. The van der Waals surface area contributed by atoms with E-state index in [0.29, 0.717) is 11.4 Å². The van der Waals surface area contributed by atoms with Gasteiger partial charge in [0.1, 0.15) is 5.82 Å². The molecule has 0 fully saturated rings. The van der Waals surface area contributed by atoms with Crippen LogP contribution in [0.2, 0.25) is 0 Å². The second-order valence-corrected chi connectivity index (χ2v) is 4.84. The van der Waals surface area contributed by atoms with Gasteiger partial charge in [0.2, 0.25) is 0 Å². The van der Waals surface area contributed by atoms with Crippen molar-refractivity contribution in [2.24, 2.45) is 0 Å². The molecule has 0 amide bonds. The Bertz CT molecular complexity index is 621. The summed E-state index contributed by atoms with van der Waals surface area (Å²) in [5.41, 5.74) is 2.50. The van der Waals surface area contributed by atoms with Gasteiger partial charge >= 0.3 is 0 Å². The SMILES string of the molecule is CCN(CC)c1nc2ccc(C)cc2cc1C(=O)Cl. The quantitative estimate of drug-likeness (QED) is 0.797. The van der Waals surface area contributed by atoms with E-state index >= 15 is 0 Å². The fourth-order valence-corrected chi connectivity index (χ4v) is 2.33. The smallest absolute Gasteiger partial charge is 0.256 e. The highest BCUT2D eigenvalue weighted by atomic mass is 35.5. The predicted octanol–water partition coefficient (Wildman–Crippen LogP) is 3.77. The lowest BCUT2D eigenvalue weighted by Crippen LogP contribution is -2.25. The highest BCUT2D eigenvalue weighted by Crippen LogP contribution is 2.25. The van der Waals surface area contributed by atoms with Gasteiger partial charge in [-0.15, -0.1) is 0 Å². The number of rotatable bonds is 4. The molecule has 2 rings (SSSR count). The number of carbonyl (C=O) groups excluding carboxylic acids is 1. The summed E-state index contributed by atoms with van der Waals surface area (Å²) in [6, 6.07) is 7.83. The van der Waals surface area contributed by atoms with Gasteiger partial charge in [-0.25, -0.2) is 4.98 Å². The third kappa shape index (κ3) is 2.71. The van der Waals surface area contributed by atoms with Crippen molar-refractivity contribution in [2.45, 2.75) is 20.8 Å². The monoisotopic (exact) mass is 276 g/mol. The number of aromatic nitrogens is 1. The van der Waals surface area contributed by atoms with Crippen LogP contribution in [-0.2, 0) is 0 Å². The Hall–Kier alpha value is -1.61. The minimum atomic E-state index is -0.460. The molecule has 100 valence electrons. The van der Waals surface area contributed by atoms with E-state index in [4.69, 9.17) is 11.6 Å². The van der Waals surface area contributed by atoms with E-state index in [2.05, 4.69) is 4.98 Å². The molecule has 0 radical (unpaired) electrons. The van der Waals surface area contributed by atoms with Gasteiger partial charge in [-0.1, -0.05) is 11.6 Å². The first kappa shape index (κ1) is 13.8. The average Bonchev–Trinajstić information content (AvgIpc) is 2.39. The standard InChI is InChI=1S/C15H17ClN2O/c1-4-18(5-2)15-12(14(16)19)9-11-8-10(3)6-7-13(11)17-15/h6-9H,4-5H2,1-3H3. The summed E-state index contributed by atoms with van der Waals surface area (Å²) in [5.74, 6) is 0.668. The van der Waals surface area contributed by atoms with Gasteiger partial charge in [0.25, 0.3) is 5.24 Å². The molecule has 3 nitrogen and oxygen atoms in total. The van der Waals surface area contributed by atoms with E-state index in [9.17, 15) is 4.79 Å². The Morgan fingerprint density at radius 3 is 2.53 bits per heavy atom. The molecule has 1 heterocycles. The molecule has 0 unspecified atom stereocenters. The summed E-state index contributed by atoms with van der Waals surface area (Å²) in [5, 5.41) is 0.484. The minimum Gasteiger partial charge on any atom is -0.357 e. The van der Waals surface area contributed by atoms with Crippen molar-refractivity contribution in [2.75, 3.05) is 18.0 Å². The second kappa shape index (κ2) is 5.57. The van der Waals surface area contributed by atoms with Gasteiger partial charge in [0.15, 0.2) is 0 Å². The lowest BCUT2D eigenvalue weighted by Gasteiger charge is -2.22. The van der Waals surface area contributed by atoms with Gasteiger partial charge in [0.05, 0.1) is 11.1 Å². The van der Waals surface area contributed by atoms with Gasteiger partial charge in [-0.05, 0) is 50.6 Å². The van der Waals surface area contributed by atoms with Crippen molar-refractivity contribution in [3.05, 3.63) is 35.4 Å². The molecule has 0 aliphatic heterocycles. The highest BCUT2D eigenvalue weighted by molar-refractivity contribution is 6.68. The Labute approximate surface area is 118 Å². The molecule has 0 saturated heterocycles. The van der Waals surface area contributed by atoms with Crippen LogP contribution in [0.15, 0.2) is 24.3 Å². The number of benzene rings is 1. The van der Waals surface area contributed by atoms with E-state index in [1.807, 2.05) is 49.9 Å². The van der Waals surface area contributed by atoms with Crippen LogP contribution < -0.4 is 4.90 Å². The molecule has 2 aromatic rings. The Kier molecular flexibility index (Phi) is 4.05. The molecular formula is C15H17ClN2O. The van der Waals surface area contributed by atoms with Crippen molar-refractivity contribution in [1.29, 1.82) is 0 Å². The van der Waals surface area contributed by atoms with Crippen LogP contribution in [0.1, 0.15) is 29.8 Å². The largest absolute Gasteiger partial charge is 0.357 e. The molecule has 0 atom stereocenters. The Morgan fingerprint density at radius 1 is 1.26 bits per heavy atom. The zero-order valence-electron chi connectivity index (χ0n) is 11.4. The van der Waals surface area contributed by atoms with Crippen molar-refractivity contribution in [3.8, 4) is 0 Å². The number of carbonyl (C=O) groups is 1. The molecule has 0 aliphatic carbocycles. The lowest BCUT2D eigenvalue weighted by atomic mass is 10.1. The van der Waals surface area contributed by atoms with Crippen LogP contribution in [0.4, 0.5) is 5.82 Å². The van der Waals surface area contributed by atoms with Crippen LogP contribution in [-0.4, -0.2) is 23.3 Å². The van der Waals surface area contributed by atoms with Crippen molar-refractivity contribution in [1.82, 2.24) is 4.98 Å². The topological polar surface area (TPSA) is 33.2 Å². The Balaban J connectivity index is 2.70. The van der Waals surface area contributed by atoms with Gasteiger partial charge < -0.3 is 4.90 Å². The normalized spacial score (nSPS) is 10.7. The third-order valence-corrected chi connectivity index (χ3v) is 3.43. The van der Waals surface area contributed by atoms with Gasteiger partial charge in [-0.2, -0.15) is 0 Å². The fraction of sp³-hybridized carbons (Fsp3) is 0.333. The molecular weight excluding hydrogens is 260 g/mol. The number of fused-ring (bicyclic) bond motifs is 1. The van der Waals surface area contributed by atoms with Crippen molar-refractivity contribution < 1.29 is 4.79 Å². The first-order chi connectivity index (χ1) is 9.06. The second-order valence-electron chi connectivity index (χ2n) is 4.50. The maximum atomic E-state index is 11.6. The first-order valence-electron chi connectivity index (χ1n) is 6.43. The van der Waals surface area contributed by atoms with Crippen molar-refractivity contribution in [3.63, 3.8) is 0 Å². The molecule has 0 bridgehead atoms. The number of anilines is 1. The maximum absolute atomic E-state index is 11.6. The van der Waals surface area contributed by atoms with E-state index in [-0.39, 0.29) is 0 Å². The summed E-state index contributed by atoms with van der Waals surface area (Å²) in [6.07, 6.45) is 0. The van der Waals surface area contributed by atoms with Crippen LogP contribution in [0.5, 0.6) is 0 Å². The van der Waals surface area contributed by atoms with Crippen LogP contribution in [0.25, 0.3) is 10.9 Å². The first-order valence-corrected chi connectivity index (χ1v) is 6.80. The number of aryl methyl sites for hydroxylation is 1. The summed E-state index contributed by atoms with van der Waals surface area (Å²) in [6.45, 7) is 7.66. The highest BCUT2D eigenvalue weighted by Gasteiger charge is 2.16. The molecule has 4 heteroatoms. The molecule has 0 spiro atoms. The van der Waals surface area contributed by atoms with E-state index in [0.717, 1.165) is 29.6 Å².